The summed E-state index contributed by atoms with van der Waals surface area (Å²) in [6.45, 7) is 2.76. The largest absolute Gasteiger partial charge is 0.494 e. The van der Waals surface area contributed by atoms with E-state index in [-0.39, 0.29) is 6.61 Å². The van der Waals surface area contributed by atoms with E-state index in [1.807, 2.05) is 47.9 Å². The Labute approximate surface area is 150 Å². The molecule has 25 heavy (non-hydrogen) atoms. The van der Waals surface area contributed by atoms with Crippen LogP contribution < -0.4 is 4.74 Å². The Kier molecular flexibility index (Phi) is 6.03. The molecule has 2 heterocycles. The zero-order valence-corrected chi connectivity index (χ0v) is 14.8. The van der Waals surface area contributed by atoms with E-state index in [4.69, 9.17) is 9.84 Å². The molecular weight excluding hydrogens is 336 g/mol. The number of aliphatic hydroxyl groups excluding tert-OH is 1. The predicted octanol–water partition coefficient (Wildman–Crippen LogP) is 3.20. The van der Waals surface area contributed by atoms with E-state index in [1.54, 1.807) is 24.2 Å². The van der Waals surface area contributed by atoms with E-state index < -0.39 is 0 Å². The van der Waals surface area contributed by atoms with Crippen LogP contribution in [0.1, 0.15) is 13.3 Å². The molecule has 1 N–H and O–H groups in total. The molecule has 0 atom stereocenters. The van der Waals surface area contributed by atoms with Gasteiger partial charge in [0, 0.05) is 36.0 Å². The summed E-state index contributed by atoms with van der Waals surface area (Å²) in [4.78, 5) is 4.18. The van der Waals surface area contributed by atoms with Crippen molar-refractivity contribution in [3.05, 3.63) is 48.8 Å². The van der Waals surface area contributed by atoms with Gasteiger partial charge in [-0.15, -0.1) is 10.2 Å². The number of ether oxygens (including phenoxy) is 1. The Hall–Kier alpha value is -2.38. The van der Waals surface area contributed by atoms with E-state index in [9.17, 15) is 0 Å². The normalized spacial score (nSPS) is 10.8. The summed E-state index contributed by atoms with van der Waals surface area (Å²) in [5.74, 6) is 2.35. The molecule has 0 spiro atoms. The highest BCUT2D eigenvalue weighted by Crippen LogP contribution is 2.28. The Morgan fingerprint density at radius 1 is 1.16 bits per heavy atom. The van der Waals surface area contributed by atoms with Gasteiger partial charge in [-0.25, -0.2) is 0 Å². The van der Waals surface area contributed by atoms with Crippen LogP contribution in [0.2, 0.25) is 0 Å². The van der Waals surface area contributed by atoms with Crippen molar-refractivity contribution >= 4 is 11.8 Å². The number of rotatable bonds is 8. The van der Waals surface area contributed by atoms with Crippen LogP contribution in [-0.2, 0) is 0 Å². The fourth-order valence-electron chi connectivity index (χ4n) is 2.36. The van der Waals surface area contributed by atoms with Crippen molar-refractivity contribution in [3.8, 4) is 22.8 Å². The summed E-state index contributed by atoms with van der Waals surface area (Å²) < 4.78 is 7.53. The molecule has 0 radical (unpaired) electrons. The van der Waals surface area contributed by atoms with Crippen LogP contribution in [0.15, 0.2) is 53.9 Å². The average Bonchev–Trinajstić information content (AvgIpc) is 3.07. The van der Waals surface area contributed by atoms with Crippen molar-refractivity contribution in [2.45, 2.75) is 18.5 Å². The van der Waals surface area contributed by atoms with Gasteiger partial charge in [-0.3, -0.25) is 9.55 Å². The topological polar surface area (TPSA) is 73.1 Å². The average molecular weight is 356 g/mol. The van der Waals surface area contributed by atoms with Gasteiger partial charge in [-0.2, -0.15) is 0 Å². The quantitative estimate of drug-likeness (QED) is 0.493. The first kappa shape index (κ1) is 17.4. The molecule has 0 aliphatic carbocycles. The molecule has 0 fully saturated rings. The van der Waals surface area contributed by atoms with Crippen molar-refractivity contribution in [2.24, 2.45) is 0 Å². The van der Waals surface area contributed by atoms with Crippen LogP contribution in [-0.4, -0.2) is 43.8 Å². The molecule has 0 bridgehead atoms. The summed E-state index contributed by atoms with van der Waals surface area (Å²) >= 11 is 1.57. The van der Waals surface area contributed by atoms with Gasteiger partial charge in [-0.1, -0.05) is 11.8 Å². The highest BCUT2D eigenvalue weighted by atomic mass is 32.2. The summed E-state index contributed by atoms with van der Waals surface area (Å²) in [7, 11) is 0. The first-order chi connectivity index (χ1) is 12.3. The minimum Gasteiger partial charge on any atom is -0.494 e. The summed E-state index contributed by atoms with van der Waals surface area (Å²) in [5, 5.41) is 18.5. The van der Waals surface area contributed by atoms with Crippen molar-refractivity contribution in [1.82, 2.24) is 19.7 Å². The summed E-state index contributed by atoms with van der Waals surface area (Å²) in [6, 6.07) is 11.7. The van der Waals surface area contributed by atoms with Gasteiger partial charge >= 0.3 is 0 Å². The number of thioether (sulfide) groups is 1. The SMILES string of the molecule is CCOc1ccc(-n2c(SCCCO)nnc2-c2cccnc2)cc1. The molecule has 6 nitrogen and oxygen atoms in total. The molecule has 130 valence electrons. The second-order valence-corrected chi connectivity index (χ2v) is 6.30. The number of nitrogens with zero attached hydrogens (tertiary/aromatic N) is 4. The maximum atomic E-state index is 9.02. The molecule has 3 aromatic rings. The third kappa shape index (κ3) is 4.18. The van der Waals surface area contributed by atoms with Crippen molar-refractivity contribution in [1.29, 1.82) is 0 Å². The van der Waals surface area contributed by atoms with Gasteiger partial charge in [0.15, 0.2) is 11.0 Å². The zero-order chi connectivity index (χ0) is 17.5. The summed E-state index contributed by atoms with van der Waals surface area (Å²) in [5.41, 5.74) is 1.86. The lowest BCUT2D eigenvalue weighted by Crippen LogP contribution is -2.01. The first-order valence-corrected chi connectivity index (χ1v) is 9.14. The monoisotopic (exact) mass is 356 g/mol. The predicted molar refractivity (Wildman–Crippen MR) is 98.2 cm³/mol. The molecule has 0 saturated carbocycles. The van der Waals surface area contributed by atoms with Gasteiger partial charge in [0.25, 0.3) is 0 Å². The van der Waals surface area contributed by atoms with E-state index in [0.717, 1.165) is 33.7 Å². The molecule has 0 unspecified atom stereocenters. The van der Waals surface area contributed by atoms with Crippen LogP contribution >= 0.6 is 11.8 Å². The van der Waals surface area contributed by atoms with Crippen molar-refractivity contribution < 1.29 is 9.84 Å². The highest BCUT2D eigenvalue weighted by molar-refractivity contribution is 7.99. The van der Waals surface area contributed by atoms with E-state index in [1.165, 1.54) is 0 Å². The van der Waals surface area contributed by atoms with E-state index >= 15 is 0 Å². The fraction of sp³-hybridized carbons (Fsp3) is 0.278. The fourth-order valence-corrected chi connectivity index (χ4v) is 3.24. The third-order valence-corrected chi connectivity index (χ3v) is 4.51. The van der Waals surface area contributed by atoms with E-state index in [2.05, 4.69) is 15.2 Å². The lowest BCUT2D eigenvalue weighted by molar-refractivity contribution is 0.296. The molecule has 0 aliphatic heterocycles. The van der Waals surface area contributed by atoms with Crippen LogP contribution in [0.4, 0.5) is 0 Å². The van der Waals surface area contributed by atoms with Gasteiger partial charge in [0.2, 0.25) is 0 Å². The summed E-state index contributed by atoms with van der Waals surface area (Å²) in [6.07, 6.45) is 4.22. The second kappa shape index (κ2) is 8.64. The van der Waals surface area contributed by atoms with Gasteiger partial charge < -0.3 is 9.84 Å². The smallest absolute Gasteiger partial charge is 0.196 e. The Bertz CT molecular complexity index is 791. The van der Waals surface area contributed by atoms with Gasteiger partial charge in [0.1, 0.15) is 5.75 Å². The molecule has 3 rings (SSSR count). The molecular formula is C18H20N4O2S. The number of benzene rings is 1. The van der Waals surface area contributed by atoms with Crippen LogP contribution in [0.5, 0.6) is 5.75 Å². The lowest BCUT2D eigenvalue weighted by Gasteiger charge is -2.11. The maximum Gasteiger partial charge on any atom is 0.196 e. The molecule has 2 aromatic heterocycles. The first-order valence-electron chi connectivity index (χ1n) is 8.16. The molecule has 0 saturated heterocycles. The maximum absolute atomic E-state index is 9.02. The Morgan fingerprint density at radius 3 is 2.68 bits per heavy atom. The Morgan fingerprint density at radius 2 is 2.00 bits per heavy atom. The van der Waals surface area contributed by atoms with E-state index in [0.29, 0.717) is 13.0 Å². The lowest BCUT2D eigenvalue weighted by atomic mass is 10.2. The molecule has 7 heteroatoms. The van der Waals surface area contributed by atoms with Gasteiger partial charge in [0.05, 0.1) is 6.61 Å². The number of aromatic nitrogens is 4. The van der Waals surface area contributed by atoms with Crippen LogP contribution in [0.3, 0.4) is 0 Å². The number of pyridine rings is 1. The Balaban J connectivity index is 1.99. The van der Waals surface area contributed by atoms with Crippen LogP contribution in [0, 0.1) is 0 Å². The number of hydrogen-bond acceptors (Lipinski definition) is 6. The zero-order valence-electron chi connectivity index (χ0n) is 14.0. The molecule has 0 aliphatic rings. The van der Waals surface area contributed by atoms with Crippen molar-refractivity contribution in [2.75, 3.05) is 19.0 Å². The van der Waals surface area contributed by atoms with Crippen molar-refractivity contribution in [3.63, 3.8) is 0 Å². The number of aliphatic hydroxyl groups is 1. The van der Waals surface area contributed by atoms with Crippen LogP contribution in [0.25, 0.3) is 17.1 Å². The third-order valence-electron chi connectivity index (χ3n) is 3.49. The number of hydrogen-bond donors (Lipinski definition) is 1. The molecule has 0 amide bonds. The second-order valence-electron chi connectivity index (χ2n) is 5.24. The van der Waals surface area contributed by atoms with Gasteiger partial charge in [-0.05, 0) is 49.7 Å². The highest BCUT2D eigenvalue weighted by Gasteiger charge is 2.16. The minimum absolute atomic E-state index is 0.166. The minimum atomic E-state index is 0.166. The molecule has 1 aromatic carbocycles. The standard InChI is InChI=1S/C18H20N4O2S/c1-2-24-16-8-6-15(7-9-16)22-17(14-5-3-10-19-13-14)20-21-18(22)25-12-4-11-23/h3,5-10,13,23H,2,4,11-12H2,1H3.